The largest absolute Gasteiger partial charge is 0.457 e. The Kier molecular flexibility index (Phi) is 21.3. The fourth-order valence-corrected chi connectivity index (χ4v) is 4.40. The van der Waals surface area contributed by atoms with Gasteiger partial charge in [-0.3, -0.25) is 0 Å². The summed E-state index contributed by atoms with van der Waals surface area (Å²) < 4.78 is 17.4. The van der Waals surface area contributed by atoms with Gasteiger partial charge in [-0.1, -0.05) is 36.4 Å². The molecule has 0 saturated heterocycles. The number of hydrogen-bond donors (Lipinski definition) is 10. The van der Waals surface area contributed by atoms with E-state index in [1.165, 1.54) is 0 Å². The van der Waals surface area contributed by atoms with E-state index in [4.69, 9.17) is 68.1 Å². The maximum Gasteiger partial charge on any atom is 0.129 e. The average molecular weight is 820 g/mol. The third-order valence-electron chi connectivity index (χ3n) is 7.28. The normalized spacial score (nSPS) is 9.81. The molecule has 7 aromatic rings. The summed E-state index contributed by atoms with van der Waals surface area (Å²) in [5.41, 5.74) is 62.8. The number of hydrogen-bond acceptors (Lipinski definition) is 12. The highest BCUT2D eigenvalue weighted by Crippen LogP contribution is 2.24. The van der Waals surface area contributed by atoms with Crippen LogP contribution in [0.15, 0.2) is 170 Å². The van der Waals surface area contributed by atoms with E-state index in [-0.39, 0.29) is 8.87 Å². The first-order valence-electron chi connectivity index (χ1n) is 18.2. The lowest BCUT2D eigenvalue weighted by atomic mass is 10.1. The van der Waals surface area contributed by atoms with Gasteiger partial charge < -0.3 is 66.8 Å². The maximum atomic E-state index is 6.20. The SMILES string of the molecule is NCc1cccc(CN)c1.Nc1ccc(N)cc1.Nc1ccc(Oc2ccc(N)cc2)cc1.Nc1ccc(Oc2cccc(N)c2)cc1.Nc1cccc(N)c1.[2H]PP. The molecule has 304 valence electrons. The van der Waals surface area contributed by atoms with Crippen LogP contribution < -0.4 is 66.8 Å². The topological polar surface area (TPSA) is 279 Å². The zero-order valence-electron chi connectivity index (χ0n) is 33.2. The summed E-state index contributed by atoms with van der Waals surface area (Å²) in [6, 6.07) is 51.3. The van der Waals surface area contributed by atoms with E-state index in [0.717, 1.165) is 62.6 Å². The first-order valence-corrected chi connectivity index (χ1v) is 20.0. The third-order valence-corrected chi connectivity index (χ3v) is 7.28. The Morgan fingerprint density at radius 3 is 0.914 bits per heavy atom. The van der Waals surface area contributed by atoms with Gasteiger partial charge in [0.05, 0.1) is 1.28 Å². The molecule has 0 aliphatic carbocycles. The molecule has 0 aliphatic rings. The van der Waals surface area contributed by atoms with Crippen LogP contribution in [0.3, 0.4) is 0 Å². The van der Waals surface area contributed by atoms with E-state index in [1.807, 2.05) is 84.9 Å². The van der Waals surface area contributed by atoms with Crippen molar-refractivity contribution in [2.75, 3.05) is 45.9 Å². The third kappa shape index (κ3) is 20.3. The lowest BCUT2D eigenvalue weighted by Crippen LogP contribution is -2.00. The van der Waals surface area contributed by atoms with Crippen LogP contribution in [0.4, 0.5) is 45.5 Å². The second-order valence-electron chi connectivity index (χ2n) is 12.0. The number of nitrogens with two attached hydrogens (primary N) is 10. The summed E-state index contributed by atoms with van der Waals surface area (Å²) in [5.74, 6) is 2.98. The van der Waals surface area contributed by atoms with Gasteiger partial charge in [-0.05, 0) is 139 Å². The molecule has 0 heterocycles. The van der Waals surface area contributed by atoms with Crippen molar-refractivity contribution in [1.82, 2.24) is 0 Å². The smallest absolute Gasteiger partial charge is 0.129 e. The second kappa shape index (κ2) is 27.0. The van der Waals surface area contributed by atoms with E-state index in [2.05, 4.69) is 8.93 Å². The second-order valence-corrected chi connectivity index (χ2v) is 12.0. The van der Waals surface area contributed by atoms with Crippen LogP contribution in [-0.4, -0.2) is 1.28 Å². The molecule has 0 spiro atoms. The highest BCUT2D eigenvalue weighted by molar-refractivity contribution is 7.92. The van der Waals surface area contributed by atoms with Gasteiger partial charge in [-0.2, -0.15) is 0 Å². The fraction of sp³-hybridized carbons (Fsp3) is 0.0455. The van der Waals surface area contributed by atoms with Crippen molar-refractivity contribution in [3.8, 4) is 23.0 Å². The predicted octanol–water partition coefficient (Wildman–Crippen LogP) is 8.24. The van der Waals surface area contributed by atoms with Crippen LogP contribution >= 0.6 is 17.8 Å². The number of nitrogen functional groups attached to an aromatic ring is 8. The van der Waals surface area contributed by atoms with Crippen molar-refractivity contribution in [1.29, 1.82) is 1.28 Å². The van der Waals surface area contributed by atoms with Crippen LogP contribution in [0.25, 0.3) is 0 Å². The Labute approximate surface area is 347 Å². The van der Waals surface area contributed by atoms with Gasteiger partial charge in [0.2, 0.25) is 0 Å². The van der Waals surface area contributed by atoms with Gasteiger partial charge in [0.25, 0.3) is 0 Å². The first-order chi connectivity index (χ1) is 28.3. The summed E-state index contributed by atoms with van der Waals surface area (Å²) in [4.78, 5) is 0. The van der Waals surface area contributed by atoms with Crippen molar-refractivity contribution in [2.24, 2.45) is 11.5 Å². The van der Waals surface area contributed by atoms with Crippen molar-refractivity contribution < 1.29 is 9.47 Å². The van der Waals surface area contributed by atoms with Gasteiger partial charge >= 0.3 is 0 Å². The average Bonchev–Trinajstić information content (AvgIpc) is 3.23. The van der Waals surface area contributed by atoms with E-state index in [1.54, 1.807) is 84.9 Å². The number of anilines is 8. The van der Waals surface area contributed by atoms with E-state index in [9.17, 15) is 0 Å². The number of ether oxygens (including phenoxy) is 2. The molecular weight excluding hydrogens is 762 g/mol. The monoisotopic (exact) mass is 819 g/mol. The van der Waals surface area contributed by atoms with Crippen LogP contribution in [0, 0.1) is 0 Å². The number of benzene rings is 7. The highest BCUT2D eigenvalue weighted by Gasteiger charge is 1.98. The Hall–Kier alpha value is -6.68. The van der Waals surface area contributed by atoms with Crippen LogP contribution in [0.5, 0.6) is 23.0 Å². The predicted molar refractivity (Wildman–Crippen MR) is 256 cm³/mol. The zero-order valence-corrected chi connectivity index (χ0v) is 34.4. The minimum absolute atomic E-state index is 0.250. The summed E-state index contributed by atoms with van der Waals surface area (Å²) in [6.07, 6.45) is 0. The van der Waals surface area contributed by atoms with E-state index >= 15 is 0 Å². The van der Waals surface area contributed by atoms with Gasteiger partial charge in [-0.25, -0.2) is 0 Å². The quantitative estimate of drug-likeness (QED) is 0.0561. The molecule has 0 bridgehead atoms. The summed E-state index contributed by atoms with van der Waals surface area (Å²) in [6.45, 7) is 1.18. The van der Waals surface area contributed by atoms with Crippen molar-refractivity contribution in [3.05, 3.63) is 181 Å². The minimum atomic E-state index is 0.250. The van der Waals surface area contributed by atoms with Crippen LogP contribution in [-0.2, 0) is 13.1 Å². The van der Waals surface area contributed by atoms with E-state index in [0.29, 0.717) is 30.2 Å². The summed E-state index contributed by atoms with van der Waals surface area (Å²) in [7, 11) is 2.52. The Balaban J connectivity index is 0.000000256. The van der Waals surface area contributed by atoms with Crippen molar-refractivity contribution >= 4 is 63.3 Å². The molecule has 14 heteroatoms. The van der Waals surface area contributed by atoms with E-state index < -0.39 is 0 Å². The van der Waals surface area contributed by atoms with Crippen molar-refractivity contribution in [3.63, 3.8) is 0 Å². The standard InChI is InChI=1S/2C12H12N2O.C8H12N2.2C6H8N2.H4P2/c13-9-1-5-11(6-2-9)15-12-7-3-10(14)4-8-12;13-9-4-6-11(7-5-9)15-12-3-1-2-10(14)8-12;9-5-7-2-1-3-8(4-7)6-10;7-5-1-2-6(8)4-3-5;7-5-2-1-3-6(8)4-5;1-2/h2*1-8H,13-14H2;1-4H,5-6,9-10H2;2*1-4H,7-8H2;1-2H2/i;;;;;1D. The minimum Gasteiger partial charge on any atom is -0.457 e. The molecule has 0 aliphatic heterocycles. The lowest BCUT2D eigenvalue weighted by Gasteiger charge is -2.06. The maximum absolute atomic E-state index is 6.20. The molecule has 0 fully saturated rings. The molecule has 12 nitrogen and oxygen atoms in total. The lowest BCUT2D eigenvalue weighted by molar-refractivity contribution is 0.482. The molecule has 2 atom stereocenters. The Morgan fingerprint density at radius 1 is 0.345 bits per heavy atom. The molecule has 58 heavy (non-hydrogen) atoms. The molecule has 20 N–H and O–H groups in total. The summed E-state index contributed by atoms with van der Waals surface area (Å²) >= 11 is 0. The van der Waals surface area contributed by atoms with Gasteiger partial charge in [0, 0.05) is 64.7 Å². The van der Waals surface area contributed by atoms with Crippen LogP contribution in [0.2, 0.25) is 0 Å². The molecule has 2 unspecified atom stereocenters. The number of rotatable bonds is 6. The molecule has 0 radical (unpaired) electrons. The highest BCUT2D eigenvalue weighted by atomic mass is 32.0. The molecule has 0 amide bonds. The zero-order chi connectivity index (χ0) is 43.4. The Morgan fingerprint density at radius 2 is 0.621 bits per heavy atom. The van der Waals surface area contributed by atoms with Crippen LogP contribution in [0.1, 0.15) is 11.1 Å². The molecular formula is C44H56N10O2P2. The van der Waals surface area contributed by atoms with Gasteiger partial charge in [0.1, 0.15) is 23.0 Å². The molecule has 7 aromatic carbocycles. The van der Waals surface area contributed by atoms with Gasteiger partial charge in [0.15, 0.2) is 0 Å². The summed E-state index contributed by atoms with van der Waals surface area (Å²) in [5, 5.41) is 0. The molecule has 7 rings (SSSR count). The molecule has 0 saturated carbocycles. The van der Waals surface area contributed by atoms with Crippen molar-refractivity contribution in [2.45, 2.75) is 13.1 Å². The first kappa shape index (κ1) is 45.7. The fourth-order valence-electron chi connectivity index (χ4n) is 4.40. The molecule has 0 aromatic heterocycles. The Bertz CT molecular complexity index is 2080. The van der Waals surface area contributed by atoms with Gasteiger partial charge in [-0.15, -0.1) is 17.8 Å².